The number of nitrogens with one attached hydrogen (secondary N) is 2. The predicted molar refractivity (Wildman–Crippen MR) is 118 cm³/mol. The Bertz CT molecular complexity index is 1030. The molecule has 1 aliphatic carbocycles. The zero-order valence-corrected chi connectivity index (χ0v) is 18.1. The molecular formula is C24H26N2O7. The van der Waals surface area contributed by atoms with Gasteiger partial charge in [-0.3, -0.25) is 4.79 Å². The highest BCUT2D eigenvalue weighted by Gasteiger charge is 2.48. The van der Waals surface area contributed by atoms with Crippen molar-refractivity contribution in [3.05, 3.63) is 59.7 Å². The number of alkyl carbamates (subject to hydrolysis) is 1. The van der Waals surface area contributed by atoms with E-state index in [-0.39, 0.29) is 25.7 Å². The highest BCUT2D eigenvalue weighted by molar-refractivity contribution is 5.88. The molecule has 3 atom stereocenters. The molecule has 0 spiro atoms. The van der Waals surface area contributed by atoms with Crippen LogP contribution in [0.2, 0.25) is 0 Å². The molecule has 1 saturated heterocycles. The van der Waals surface area contributed by atoms with E-state index in [1.54, 1.807) is 6.92 Å². The minimum Gasteiger partial charge on any atom is -0.480 e. The third-order valence-electron chi connectivity index (χ3n) is 6.40. The van der Waals surface area contributed by atoms with Gasteiger partial charge in [0.1, 0.15) is 12.6 Å². The number of amides is 2. The summed E-state index contributed by atoms with van der Waals surface area (Å²) in [5.41, 5.74) is 3.20. The van der Waals surface area contributed by atoms with Crippen LogP contribution in [0, 0.1) is 5.41 Å². The number of rotatable bonds is 7. The number of aliphatic hydroxyl groups is 1. The van der Waals surface area contributed by atoms with Crippen LogP contribution in [-0.2, 0) is 19.1 Å². The second-order valence-electron chi connectivity index (χ2n) is 8.50. The van der Waals surface area contributed by atoms with Crippen molar-refractivity contribution in [2.45, 2.75) is 24.9 Å². The van der Waals surface area contributed by atoms with Gasteiger partial charge in [0.15, 0.2) is 0 Å². The van der Waals surface area contributed by atoms with Crippen LogP contribution in [-0.4, -0.2) is 66.7 Å². The zero-order valence-electron chi connectivity index (χ0n) is 18.1. The molecule has 1 heterocycles. The first-order valence-corrected chi connectivity index (χ1v) is 10.7. The highest BCUT2D eigenvalue weighted by atomic mass is 16.5. The maximum atomic E-state index is 12.7. The fourth-order valence-corrected chi connectivity index (χ4v) is 4.39. The summed E-state index contributed by atoms with van der Waals surface area (Å²) < 4.78 is 10.9. The third kappa shape index (κ3) is 4.29. The van der Waals surface area contributed by atoms with Crippen LogP contribution >= 0.6 is 0 Å². The van der Waals surface area contributed by atoms with Gasteiger partial charge in [0.2, 0.25) is 5.91 Å². The smallest absolute Gasteiger partial charge is 0.407 e. The molecule has 4 N–H and O–H groups in total. The summed E-state index contributed by atoms with van der Waals surface area (Å²) in [7, 11) is 0. The van der Waals surface area contributed by atoms with E-state index in [9.17, 15) is 19.5 Å². The molecule has 4 rings (SSSR count). The average Bonchev–Trinajstić information content (AvgIpc) is 3.34. The van der Waals surface area contributed by atoms with E-state index in [0.717, 1.165) is 22.3 Å². The van der Waals surface area contributed by atoms with Crippen LogP contribution in [0.3, 0.4) is 0 Å². The van der Waals surface area contributed by atoms with Crippen molar-refractivity contribution in [3.8, 4) is 11.1 Å². The van der Waals surface area contributed by atoms with Gasteiger partial charge in [0.25, 0.3) is 0 Å². The summed E-state index contributed by atoms with van der Waals surface area (Å²) in [5.74, 6) is -2.08. The number of ether oxygens (including phenoxy) is 2. The molecule has 1 fully saturated rings. The number of carbonyl (C=O) groups is 3. The van der Waals surface area contributed by atoms with Gasteiger partial charge in [0.05, 0.1) is 31.3 Å². The number of aliphatic carboxylic acids is 1. The Balaban J connectivity index is 1.41. The van der Waals surface area contributed by atoms with Crippen LogP contribution in [0.15, 0.2) is 48.5 Å². The Labute approximate surface area is 190 Å². The molecule has 9 heteroatoms. The van der Waals surface area contributed by atoms with E-state index < -0.39 is 42.1 Å². The first-order chi connectivity index (χ1) is 15.8. The van der Waals surface area contributed by atoms with Crippen molar-refractivity contribution in [2.75, 3.05) is 26.4 Å². The van der Waals surface area contributed by atoms with Crippen molar-refractivity contribution in [1.82, 2.24) is 10.6 Å². The Morgan fingerprint density at radius 2 is 1.73 bits per heavy atom. The van der Waals surface area contributed by atoms with Gasteiger partial charge >= 0.3 is 12.1 Å². The third-order valence-corrected chi connectivity index (χ3v) is 6.40. The Morgan fingerprint density at radius 1 is 1.12 bits per heavy atom. The summed E-state index contributed by atoms with van der Waals surface area (Å²) >= 11 is 0. The van der Waals surface area contributed by atoms with Crippen LogP contribution < -0.4 is 10.6 Å². The number of hydrogen-bond donors (Lipinski definition) is 4. The highest BCUT2D eigenvalue weighted by Crippen LogP contribution is 2.44. The molecule has 2 unspecified atom stereocenters. The lowest BCUT2D eigenvalue weighted by molar-refractivity contribution is -0.145. The molecule has 0 aromatic heterocycles. The van der Waals surface area contributed by atoms with E-state index in [4.69, 9.17) is 14.6 Å². The summed E-state index contributed by atoms with van der Waals surface area (Å²) in [5, 5.41) is 23.2. The second-order valence-corrected chi connectivity index (χ2v) is 8.50. The minimum absolute atomic E-state index is 0.00900. The first-order valence-electron chi connectivity index (χ1n) is 10.7. The van der Waals surface area contributed by atoms with Crippen LogP contribution in [0.4, 0.5) is 4.79 Å². The standard InChI is InChI=1S/C24H26N2O7/c1-24(22(30)25-19(10-27)21(28)29)13-32-12-20(24)26-23(31)33-11-18-16-8-4-2-6-14(16)15-7-3-5-9-17(15)18/h2-9,18-20,27H,10-13H2,1H3,(H,25,30)(H,26,31)(H,28,29)/t19-,20?,24?/m0/s1. The van der Waals surface area contributed by atoms with Crippen LogP contribution in [0.5, 0.6) is 0 Å². The van der Waals surface area contributed by atoms with Gasteiger partial charge < -0.3 is 30.3 Å². The number of carboxylic acids is 1. The van der Waals surface area contributed by atoms with Gasteiger partial charge in [-0.25, -0.2) is 9.59 Å². The molecule has 9 nitrogen and oxygen atoms in total. The van der Waals surface area contributed by atoms with Crippen molar-refractivity contribution >= 4 is 18.0 Å². The fraction of sp³-hybridized carbons (Fsp3) is 0.375. The topological polar surface area (TPSA) is 134 Å². The molecule has 1 aliphatic heterocycles. The van der Waals surface area contributed by atoms with E-state index in [2.05, 4.69) is 10.6 Å². The second kappa shape index (κ2) is 9.21. The number of carbonyl (C=O) groups excluding carboxylic acids is 2. The number of benzene rings is 2. The molecule has 2 amide bonds. The normalized spacial score (nSPS) is 22.2. The summed E-state index contributed by atoms with van der Waals surface area (Å²) in [6, 6.07) is 13.8. The Hall–Kier alpha value is -3.43. The molecular weight excluding hydrogens is 428 g/mol. The molecule has 0 saturated carbocycles. The molecule has 2 aromatic rings. The van der Waals surface area contributed by atoms with E-state index in [1.165, 1.54) is 0 Å². The van der Waals surface area contributed by atoms with Gasteiger partial charge in [-0.2, -0.15) is 0 Å². The maximum Gasteiger partial charge on any atom is 0.407 e. The number of hydrogen-bond acceptors (Lipinski definition) is 6. The number of carboxylic acid groups (broad SMARTS) is 1. The lowest BCUT2D eigenvalue weighted by Crippen LogP contribution is -2.57. The SMILES string of the molecule is CC1(C(=O)N[C@@H](CO)C(=O)O)COCC1NC(=O)OCC1c2ccccc2-c2ccccc21. The molecule has 2 aliphatic rings. The monoisotopic (exact) mass is 454 g/mol. The Kier molecular flexibility index (Phi) is 6.35. The lowest BCUT2D eigenvalue weighted by atomic mass is 9.84. The van der Waals surface area contributed by atoms with Gasteiger partial charge in [-0.15, -0.1) is 0 Å². The molecule has 174 valence electrons. The summed E-state index contributed by atoms with van der Waals surface area (Å²) in [6.07, 6.45) is -0.691. The molecule has 2 aromatic carbocycles. The number of fused-ring (bicyclic) bond motifs is 3. The van der Waals surface area contributed by atoms with Crippen molar-refractivity contribution < 1.29 is 34.1 Å². The van der Waals surface area contributed by atoms with Crippen molar-refractivity contribution in [1.29, 1.82) is 0 Å². The average molecular weight is 454 g/mol. The van der Waals surface area contributed by atoms with E-state index in [0.29, 0.717) is 0 Å². The first kappa shape index (κ1) is 22.8. The predicted octanol–water partition coefficient (Wildman–Crippen LogP) is 1.49. The van der Waals surface area contributed by atoms with Crippen molar-refractivity contribution in [2.24, 2.45) is 5.41 Å². The zero-order chi connectivity index (χ0) is 23.6. The van der Waals surface area contributed by atoms with E-state index >= 15 is 0 Å². The summed E-state index contributed by atoms with van der Waals surface area (Å²) in [4.78, 5) is 36.5. The number of aliphatic hydroxyl groups excluding tert-OH is 1. The van der Waals surface area contributed by atoms with Gasteiger partial charge in [-0.05, 0) is 29.2 Å². The Morgan fingerprint density at radius 3 is 2.30 bits per heavy atom. The van der Waals surface area contributed by atoms with E-state index in [1.807, 2.05) is 48.5 Å². The molecule has 33 heavy (non-hydrogen) atoms. The maximum absolute atomic E-state index is 12.7. The quantitative estimate of drug-likeness (QED) is 0.498. The minimum atomic E-state index is -1.44. The largest absolute Gasteiger partial charge is 0.480 e. The summed E-state index contributed by atoms with van der Waals surface area (Å²) in [6.45, 7) is 1.01. The van der Waals surface area contributed by atoms with Gasteiger partial charge in [-0.1, -0.05) is 48.5 Å². The molecule has 0 bridgehead atoms. The molecule has 0 radical (unpaired) electrons. The lowest BCUT2D eigenvalue weighted by Gasteiger charge is -2.29. The van der Waals surface area contributed by atoms with Crippen LogP contribution in [0.1, 0.15) is 24.0 Å². The van der Waals surface area contributed by atoms with Gasteiger partial charge in [0, 0.05) is 5.92 Å². The van der Waals surface area contributed by atoms with Crippen molar-refractivity contribution in [3.63, 3.8) is 0 Å². The van der Waals surface area contributed by atoms with Crippen LogP contribution in [0.25, 0.3) is 11.1 Å². The fourth-order valence-electron chi connectivity index (χ4n) is 4.39.